The SMILES string of the molecule is c1ccc(-c2nc(-c3cc4ccccc4c4c3oc3cc(-n5c6ccccc6c6ccccc65)ccc34)nc3c2sc2ccccc23)cc1. The molecule has 4 aromatic heterocycles. The van der Waals surface area contributed by atoms with Crippen molar-refractivity contribution in [3.63, 3.8) is 0 Å². The molecule has 0 amide bonds. The number of aromatic nitrogens is 3. The van der Waals surface area contributed by atoms with E-state index in [0.717, 1.165) is 70.8 Å². The Bertz CT molecular complexity index is 3060. The lowest BCUT2D eigenvalue weighted by Gasteiger charge is -2.09. The van der Waals surface area contributed by atoms with Gasteiger partial charge in [0.1, 0.15) is 11.2 Å². The second-order valence-corrected chi connectivity index (χ2v) is 13.6. The van der Waals surface area contributed by atoms with Gasteiger partial charge in [-0.05, 0) is 47.2 Å². The topological polar surface area (TPSA) is 43.9 Å². The molecule has 0 fully saturated rings. The van der Waals surface area contributed by atoms with E-state index in [4.69, 9.17) is 14.4 Å². The van der Waals surface area contributed by atoms with E-state index in [9.17, 15) is 0 Å². The van der Waals surface area contributed by atoms with Crippen LogP contribution in [0.1, 0.15) is 0 Å². The van der Waals surface area contributed by atoms with E-state index in [1.807, 2.05) is 6.07 Å². The van der Waals surface area contributed by atoms with E-state index < -0.39 is 0 Å². The molecule has 0 unspecified atom stereocenters. The second kappa shape index (κ2) is 10.1. The lowest BCUT2D eigenvalue weighted by Crippen LogP contribution is -1.94. The van der Waals surface area contributed by atoms with Gasteiger partial charge in [0.15, 0.2) is 5.82 Å². The van der Waals surface area contributed by atoms with Crippen molar-refractivity contribution < 1.29 is 4.42 Å². The summed E-state index contributed by atoms with van der Waals surface area (Å²) in [6, 6.07) is 53.5. The Morgan fingerprint density at radius 1 is 0.551 bits per heavy atom. The maximum Gasteiger partial charge on any atom is 0.164 e. The van der Waals surface area contributed by atoms with E-state index in [-0.39, 0.29) is 0 Å². The molecule has 228 valence electrons. The van der Waals surface area contributed by atoms with Gasteiger partial charge in [0.2, 0.25) is 0 Å². The van der Waals surface area contributed by atoms with Crippen LogP contribution in [-0.2, 0) is 0 Å². The Kier molecular flexibility index (Phi) is 5.51. The fourth-order valence-electron chi connectivity index (χ4n) is 7.62. The Morgan fingerprint density at radius 2 is 1.22 bits per heavy atom. The Balaban J connectivity index is 1.22. The summed E-state index contributed by atoms with van der Waals surface area (Å²) in [6.45, 7) is 0. The third kappa shape index (κ3) is 3.85. The molecule has 4 nitrogen and oxygen atoms in total. The number of thiophene rings is 1. The normalized spacial score (nSPS) is 12.1. The fourth-order valence-corrected chi connectivity index (χ4v) is 8.78. The van der Waals surface area contributed by atoms with Gasteiger partial charge in [-0.2, -0.15) is 0 Å². The first-order valence-corrected chi connectivity index (χ1v) is 17.2. The molecule has 7 aromatic carbocycles. The molecule has 0 spiro atoms. The van der Waals surface area contributed by atoms with Crippen molar-refractivity contribution in [1.82, 2.24) is 14.5 Å². The molecule has 0 saturated carbocycles. The Labute approximate surface area is 284 Å². The van der Waals surface area contributed by atoms with Gasteiger partial charge in [-0.1, -0.05) is 109 Å². The predicted octanol–water partition coefficient (Wildman–Crippen LogP) is 12.3. The van der Waals surface area contributed by atoms with Gasteiger partial charge >= 0.3 is 0 Å². The number of fused-ring (bicyclic) bond motifs is 11. The van der Waals surface area contributed by atoms with Crippen LogP contribution >= 0.6 is 11.3 Å². The van der Waals surface area contributed by atoms with Gasteiger partial charge in [0, 0.05) is 48.9 Å². The van der Waals surface area contributed by atoms with E-state index in [2.05, 4.69) is 150 Å². The van der Waals surface area contributed by atoms with Gasteiger partial charge in [0.25, 0.3) is 0 Å². The first-order chi connectivity index (χ1) is 24.3. The lowest BCUT2D eigenvalue weighted by atomic mass is 9.99. The van der Waals surface area contributed by atoms with Gasteiger partial charge in [0.05, 0.1) is 32.5 Å². The summed E-state index contributed by atoms with van der Waals surface area (Å²) in [5.74, 6) is 0.660. The van der Waals surface area contributed by atoms with E-state index in [0.29, 0.717) is 5.82 Å². The van der Waals surface area contributed by atoms with Crippen LogP contribution in [-0.4, -0.2) is 14.5 Å². The van der Waals surface area contributed by atoms with Crippen LogP contribution < -0.4 is 0 Å². The van der Waals surface area contributed by atoms with Crippen LogP contribution in [0.3, 0.4) is 0 Å². The lowest BCUT2D eigenvalue weighted by molar-refractivity contribution is 0.669. The summed E-state index contributed by atoms with van der Waals surface area (Å²) in [7, 11) is 0. The number of furan rings is 1. The third-order valence-corrected chi connectivity index (χ3v) is 11.0. The minimum atomic E-state index is 0.660. The summed E-state index contributed by atoms with van der Waals surface area (Å²) in [5, 5.41) is 8.03. The molecule has 0 aliphatic rings. The average Bonchev–Trinajstić information content (AvgIpc) is 3.84. The summed E-state index contributed by atoms with van der Waals surface area (Å²) in [6.07, 6.45) is 0. The molecule has 11 aromatic rings. The fraction of sp³-hybridized carbons (Fsp3) is 0. The number of hydrogen-bond acceptors (Lipinski definition) is 4. The molecule has 11 rings (SSSR count). The van der Waals surface area contributed by atoms with Crippen LogP contribution in [0, 0.1) is 0 Å². The minimum absolute atomic E-state index is 0.660. The Morgan fingerprint density at radius 3 is 2.02 bits per heavy atom. The molecule has 0 saturated heterocycles. The first kappa shape index (κ1) is 26.7. The van der Waals surface area contributed by atoms with Crippen LogP contribution in [0.5, 0.6) is 0 Å². The number of benzene rings is 7. The molecule has 0 atom stereocenters. The molecule has 5 heteroatoms. The highest BCUT2D eigenvalue weighted by Gasteiger charge is 2.22. The van der Waals surface area contributed by atoms with E-state index in [1.54, 1.807) is 11.3 Å². The van der Waals surface area contributed by atoms with E-state index >= 15 is 0 Å². The van der Waals surface area contributed by atoms with Crippen LogP contribution in [0.4, 0.5) is 0 Å². The molecule has 0 bridgehead atoms. The van der Waals surface area contributed by atoms with Crippen molar-refractivity contribution in [2.24, 2.45) is 0 Å². The third-order valence-electron chi connectivity index (χ3n) is 9.79. The molecule has 0 N–H and O–H groups in total. The number of para-hydroxylation sites is 2. The largest absolute Gasteiger partial charge is 0.455 e. The first-order valence-electron chi connectivity index (χ1n) is 16.4. The highest BCUT2D eigenvalue weighted by atomic mass is 32.1. The zero-order chi connectivity index (χ0) is 32.1. The molecule has 0 aliphatic heterocycles. The molecular weight excluding hydrogens is 619 g/mol. The average molecular weight is 644 g/mol. The number of rotatable bonds is 3. The van der Waals surface area contributed by atoms with Gasteiger partial charge in [-0.15, -0.1) is 11.3 Å². The van der Waals surface area contributed by atoms with Crippen molar-refractivity contribution in [3.8, 4) is 28.3 Å². The van der Waals surface area contributed by atoms with Crippen molar-refractivity contribution >= 4 is 86.2 Å². The quantitative estimate of drug-likeness (QED) is 0.192. The van der Waals surface area contributed by atoms with Gasteiger partial charge in [-0.25, -0.2) is 9.97 Å². The zero-order valence-electron chi connectivity index (χ0n) is 26.1. The van der Waals surface area contributed by atoms with Crippen molar-refractivity contribution in [2.75, 3.05) is 0 Å². The summed E-state index contributed by atoms with van der Waals surface area (Å²) < 4.78 is 11.6. The molecule has 0 radical (unpaired) electrons. The molecule has 0 aliphatic carbocycles. The molecule has 4 heterocycles. The summed E-state index contributed by atoms with van der Waals surface area (Å²) >= 11 is 1.75. The minimum Gasteiger partial charge on any atom is -0.455 e. The van der Waals surface area contributed by atoms with Crippen molar-refractivity contribution in [3.05, 3.63) is 152 Å². The van der Waals surface area contributed by atoms with Crippen molar-refractivity contribution in [1.29, 1.82) is 0 Å². The predicted molar refractivity (Wildman–Crippen MR) is 205 cm³/mol. The number of hydrogen-bond donors (Lipinski definition) is 0. The van der Waals surface area contributed by atoms with Gasteiger partial charge < -0.3 is 8.98 Å². The van der Waals surface area contributed by atoms with E-state index in [1.165, 1.54) is 26.5 Å². The standard InChI is InChI=1S/C44H25N3OS/c1-2-12-26(13-3-1)40-43-41(33-18-8-11-21-38(33)49-43)46-44(45-40)34-24-27-14-4-5-15-29(27)39-32-23-22-28(25-37(32)48-42(34)39)47-35-19-9-6-16-30(35)31-17-7-10-20-36(31)47/h1-25H. The maximum absolute atomic E-state index is 6.94. The second-order valence-electron chi connectivity index (χ2n) is 12.5. The van der Waals surface area contributed by atoms with Crippen LogP contribution in [0.15, 0.2) is 156 Å². The van der Waals surface area contributed by atoms with Crippen LogP contribution in [0.2, 0.25) is 0 Å². The summed E-state index contributed by atoms with van der Waals surface area (Å²) in [5.41, 5.74) is 8.89. The number of nitrogens with zero attached hydrogens (tertiary/aromatic N) is 3. The maximum atomic E-state index is 6.94. The monoisotopic (exact) mass is 643 g/mol. The summed E-state index contributed by atoms with van der Waals surface area (Å²) in [4.78, 5) is 10.6. The molecular formula is C44H25N3OS. The highest BCUT2D eigenvalue weighted by molar-refractivity contribution is 7.26. The van der Waals surface area contributed by atoms with Crippen molar-refractivity contribution in [2.45, 2.75) is 0 Å². The zero-order valence-corrected chi connectivity index (χ0v) is 26.9. The van der Waals surface area contributed by atoms with Crippen LogP contribution in [0.25, 0.3) is 103 Å². The highest BCUT2D eigenvalue weighted by Crippen LogP contribution is 2.44. The Hall–Kier alpha value is -6.30. The van der Waals surface area contributed by atoms with Gasteiger partial charge in [-0.3, -0.25) is 0 Å². The smallest absolute Gasteiger partial charge is 0.164 e. The molecule has 49 heavy (non-hydrogen) atoms.